The van der Waals surface area contributed by atoms with Gasteiger partial charge in [0.15, 0.2) is 5.65 Å². The third kappa shape index (κ3) is 2.64. The van der Waals surface area contributed by atoms with Crippen LogP contribution in [0.1, 0.15) is 16.8 Å². The van der Waals surface area contributed by atoms with Crippen LogP contribution in [0.15, 0.2) is 24.3 Å². The minimum Gasteiger partial charge on any atom is -0.473 e. The van der Waals surface area contributed by atoms with Gasteiger partial charge >= 0.3 is 0 Å². The van der Waals surface area contributed by atoms with Crippen molar-refractivity contribution in [2.75, 3.05) is 0 Å². The first-order chi connectivity index (χ1) is 10.5. The van der Waals surface area contributed by atoms with Gasteiger partial charge in [-0.15, -0.1) is 0 Å². The summed E-state index contributed by atoms with van der Waals surface area (Å²) in [7, 11) is 1.85. The fourth-order valence-corrected chi connectivity index (χ4v) is 2.72. The van der Waals surface area contributed by atoms with Gasteiger partial charge in [0.2, 0.25) is 5.88 Å². The van der Waals surface area contributed by atoms with E-state index in [9.17, 15) is 4.39 Å². The first-order valence-corrected chi connectivity index (χ1v) is 7.21. The Kier molecular flexibility index (Phi) is 3.74. The first-order valence-electron chi connectivity index (χ1n) is 6.83. The molecule has 6 heteroatoms. The van der Waals surface area contributed by atoms with Crippen LogP contribution in [0.2, 0.25) is 5.02 Å². The van der Waals surface area contributed by atoms with Gasteiger partial charge in [-0.05, 0) is 31.5 Å². The van der Waals surface area contributed by atoms with E-state index in [1.807, 2.05) is 27.0 Å². The third-order valence-electron chi connectivity index (χ3n) is 3.53. The second-order valence-corrected chi connectivity index (χ2v) is 5.62. The molecule has 0 aliphatic heterocycles. The van der Waals surface area contributed by atoms with E-state index in [-0.39, 0.29) is 12.4 Å². The number of halogens is 2. The highest BCUT2D eigenvalue weighted by atomic mass is 35.5. The zero-order valence-electron chi connectivity index (χ0n) is 12.5. The predicted molar refractivity (Wildman–Crippen MR) is 83.7 cm³/mol. The Hall–Kier alpha value is -2.14. The lowest BCUT2D eigenvalue weighted by atomic mass is 10.2. The molecule has 3 rings (SSSR count). The Morgan fingerprint density at radius 2 is 2.05 bits per heavy atom. The molecule has 0 amide bonds. The van der Waals surface area contributed by atoms with E-state index in [1.165, 1.54) is 12.1 Å². The summed E-state index contributed by atoms with van der Waals surface area (Å²) in [5.41, 5.74) is 3.48. The number of fused-ring (bicyclic) bond motifs is 1. The van der Waals surface area contributed by atoms with Crippen LogP contribution >= 0.6 is 11.6 Å². The van der Waals surface area contributed by atoms with Crippen LogP contribution in [0.3, 0.4) is 0 Å². The van der Waals surface area contributed by atoms with Crippen LogP contribution in [0.4, 0.5) is 4.39 Å². The van der Waals surface area contributed by atoms with Crippen molar-refractivity contribution in [1.29, 1.82) is 0 Å². The van der Waals surface area contributed by atoms with Crippen LogP contribution < -0.4 is 4.74 Å². The summed E-state index contributed by atoms with van der Waals surface area (Å²) in [6.07, 6.45) is 0. The number of pyridine rings is 1. The zero-order chi connectivity index (χ0) is 15.9. The number of benzene rings is 1. The van der Waals surface area contributed by atoms with Gasteiger partial charge in [-0.25, -0.2) is 4.39 Å². The lowest BCUT2D eigenvalue weighted by molar-refractivity contribution is 0.294. The highest BCUT2D eigenvalue weighted by molar-refractivity contribution is 6.31. The predicted octanol–water partition coefficient (Wildman–Crippen LogP) is 3.96. The quantitative estimate of drug-likeness (QED) is 0.733. The van der Waals surface area contributed by atoms with Gasteiger partial charge in [0.05, 0.1) is 10.7 Å². The average molecular weight is 320 g/mol. The molecule has 0 saturated carbocycles. The number of hydrogen-bond acceptors (Lipinski definition) is 3. The number of aryl methyl sites for hydroxylation is 3. The molecule has 0 fully saturated rings. The topological polar surface area (TPSA) is 39.9 Å². The number of aromatic nitrogens is 3. The Balaban J connectivity index is 1.89. The minimum atomic E-state index is -0.366. The molecule has 114 valence electrons. The second-order valence-electron chi connectivity index (χ2n) is 5.21. The number of ether oxygens (including phenoxy) is 1. The first kappa shape index (κ1) is 14.8. The van der Waals surface area contributed by atoms with Gasteiger partial charge in [-0.1, -0.05) is 17.7 Å². The maximum absolute atomic E-state index is 13.0. The van der Waals surface area contributed by atoms with E-state index < -0.39 is 0 Å². The smallest absolute Gasteiger partial charge is 0.215 e. The fourth-order valence-electron chi connectivity index (χ4n) is 2.49. The lowest BCUT2D eigenvalue weighted by Crippen LogP contribution is -2.00. The Labute approximate surface area is 132 Å². The van der Waals surface area contributed by atoms with Gasteiger partial charge in [0.1, 0.15) is 12.4 Å². The normalized spacial score (nSPS) is 11.1. The Morgan fingerprint density at radius 3 is 2.77 bits per heavy atom. The summed E-state index contributed by atoms with van der Waals surface area (Å²) in [4.78, 5) is 4.48. The van der Waals surface area contributed by atoms with Crippen LogP contribution in [0, 0.1) is 19.7 Å². The monoisotopic (exact) mass is 319 g/mol. The summed E-state index contributed by atoms with van der Waals surface area (Å²) >= 11 is 6.00. The van der Waals surface area contributed by atoms with Crippen LogP contribution in [0.5, 0.6) is 5.88 Å². The maximum atomic E-state index is 13.0. The molecule has 0 aliphatic rings. The third-order valence-corrected chi connectivity index (χ3v) is 3.88. The molecular weight excluding hydrogens is 305 g/mol. The molecule has 2 heterocycles. The number of rotatable bonds is 3. The molecular formula is C16H15ClFN3O. The highest BCUT2D eigenvalue weighted by Gasteiger charge is 2.12. The van der Waals surface area contributed by atoms with Gasteiger partial charge in [0.25, 0.3) is 0 Å². The van der Waals surface area contributed by atoms with Gasteiger partial charge in [-0.3, -0.25) is 4.68 Å². The van der Waals surface area contributed by atoms with Crippen molar-refractivity contribution in [3.05, 3.63) is 51.9 Å². The van der Waals surface area contributed by atoms with Crippen molar-refractivity contribution in [1.82, 2.24) is 14.8 Å². The number of nitrogens with zero attached hydrogens (tertiary/aromatic N) is 3. The molecule has 3 aromatic rings. The van der Waals surface area contributed by atoms with Crippen LogP contribution in [0.25, 0.3) is 11.0 Å². The Bertz CT molecular complexity index is 860. The summed E-state index contributed by atoms with van der Waals surface area (Å²) in [5.74, 6) is 0.128. The van der Waals surface area contributed by atoms with Crippen molar-refractivity contribution < 1.29 is 9.13 Å². The van der Waals surface area contributed by atoms with E-state index in [1.54, 1.807) is 10.7 Å². The van der Waals surface area contributed by atoms with Crippen molar-refractivity contribution in [2.24, 2.45) is 7.05 Å². The highest BCUT2D eigenvalue weighted by Crippen LogP contribution is 2.25. The summed E-state index contributed by atoms with van der Waals surface area (Å²) in [6, 6.07) is 6.11. The van der Waals surface area contributed by atoms with E-state index in [0.29, 0.717) is 16.5 Å². The second kappa shape index (κ2) is 5.57. The number of hydrogen-bond donors (Lipinski definition) is 0. The van der Waals surface area contributed by atoms with Crippen LogP contribution in [-0.2, 0) is 13.7 Å². The molecule has 22 heavy (non-hydrogen) atoms. The minimum absolute atomic E-state index is 0.230. The van der Waals surface area contributed by atoms with Crippen molar-refractivity contribution in [3.8, 4) is 5.88 Å². The zero-order valence-corrected chi connectivity index (χ0v) is 13.3. The van der Waals surface area contributed by atoms with E-state index in [4.69, 9.17) is 16.3 Å². The maximum Gasteiger partial charge on any atom is 0.215 e. The SMILES string of the molecule is Cc1cc(OCc2ccc(F)cc2Cl)nc2c1c(C)nn2C. The van der Waals surface area contributed by atoms with Crippen molar-refractivity contribution in [2.45, 2.75) is 20.5 Å². The fraction of sp³-hybridized carbons (Fsp3) is 0.250. The van der Waals surface area contributed by atoms with Crippen molar-refractivity contribution >= 4 is 22.6 Å². The van der Waals surface area contributed by atoms with Gasteiger partial charge < -0.3 is 4.74 Å². The molecule has 0 unspecified atom stereocenters. The summed E-state index contributed by atoms with van der Waals surface area (Å²) in [6.45, 7) is 4.18. The standard InChI is InChI=1S/C16H15ClFN3O/c1-9-6-14(19-16-15(9)10(2)20-21(16)3)22-8-11-4-5-12(18)7-13(11)17/h4-7H,8H2,1-3H3. The summed E-state index contributed by atoms with van der Waals surface area (Å²) in [5, 5.41) is 5.75. The molecule has 0 saturated heterocycles. The molecule has 0 bridgehead atoms. The van der Waals surface area contributed by atoms with Gasteiger partial charge in [-0.2, -0.15) is 10.1 Å². The molecule has 0 aliphatic carbocycles. The molecule has 0 N–H and O–H groups in total. The molecule has 0 radical (unpaired) electrons. The summed E-state index contributed by atoms with van der Waals surface area (Å²) < 4.78 is 20.5. The molecule has 0 spiro atoms. The van der Waals surface area contributed by atoms with E-state index >= 15 is 0 Å². The largest absolute Gasteiger partial charge is 0.473 e. The molecule has 1 aromatic carbocycles. The Morgan fingerprint density at radius 1 is 1.27 bits per heavy atom. The van der Waals surface area contributed by atoms with E-state index in [2.05, 4.69) is 10.1 Å². The van der Waals surface area contributed by atoms with Crippen molar-refractivity contribution in [3.63, 3.8) is 0 Å². The lowest BCUT2D eigenvalue weighted by Gasteiger charge is -2.08. The van der Waals surface area contributed by atoms with E-state index in [0.717, 1.165) is 22.3 Å². The average Bonchev–Trinajstić information content (AvgIpc) is 2.73. The molecule has 0 atom stereocenters. The molecule has 2 aromatic heterocycles. The van der Waals surface area contributed by atoms with Crippen LogP contribution in [-0.4, -0.2) is 14.8 Å². The van der Waals surface area contributed by atoms with Gasteiger partial charge in [0, 0.05) is 24.1 Å². The molecule has 4 nitrogen and oxygen atoms in total.